The van der Waals surface area contributed by atoms with Crippen LogP contribution in [0, 0.1) is 11.8 Å². The standard InChI is InChI=1S/C20H31N5O7S2/c1-3-32-20(6-8-33(28,29)9-7-20)13-24(2)34(30,31)14-4-5-17(23-10-14)25-11-15(18(21)26)16(12-25)19(22)27/h4-5,10,15-16H,3,6-9,11-13H2,1-2H3,(H2,21,26)(H2,22,27)/t15-,16-/m0/s1. The third-order valence-corrected chi connectivity index (χ3v) is 9.94. The summed E-state index contributed by atoms with van der Waals surface area (Å²) in [6, 6.07) is 2.89. The normalized spacial score (nSPS) is 24.3. The summed E-state index contributed by atoms with van der Waals surface area (Å²) in [5, 5.41) is 0. The molecule has 2 fully saturated rings. The quantitative estimate of drug-likeness (QED) is 0.402. The summed E-state index contributed by atoms with van der Waals surface area (Å²) in [6.07, 6.45) is 1.64. The van der Waals surface area contributed by atoms with Crippen LogP contribution in [-0.2, 0) is 34.2 Å². The van der Waals surface area contributed by atoms with Gasteiger partial charge in [-0.15, -0.1) is 0 Å². The van der Waals surface area contributed by atoms with Crippen molar-refractivity contribution in [2.24, 2.45) is 23.3 Å². The van der Waals surface area contributed by atoms with E-state index >= 15 is 0 Å². The molecule has 0 aliphatic carbocycles. The lowest BCUT2D eigenvalue weighted by molar-refractivity contribution is -0.129. The molecule has 2 aliphatic rings. The van der Waals surface area contributed by atoms with Crippen molar-refractivity contribution in [1.29, 1.82) is 0 Å². The second-order valence-electron chi connectivity index (χ2n) is 8.80. The maximum atomic E-state index is 13.2. The number of sulfonamides is 1. The van der Waals surface area contributed by atoms with E-state index in [9.17, 15) is 26.4 Å². The van der Waals surface area contributed by atoms with E-state index in [2.05, 4.69) is 4.98 Å². The number of aromatic nitrogens is 1. The Morgan fingerprint density at radius 1 is 1.18 bits per heavy atom. The second-order valence-corrected chi connectivity index (χ2v) is 13.2. The summed E-state index contributed by atoms with van der Waals surface area (Å²) in [6.45, 7) is 2.43. The van der Waals surface area contributed by atoms with Gasteiger partial charge in [0.25, 0.3) is 0 Å². The first kappa shape index (κ1) is 26.3. The average Bonchev–Trinajstić information content (AvgIpc) is 3.23. The topological polar surface area (TPSA) is 183 Å². The van der Waals surface area contributed by atoms with Crippen LogP contribution in [0.15, 0.2) is 23.2 Å². The van der Waals surface area contributed by atoms with Gasteiger partial charge in [0.15, 0.2) is 9.84 Å². The Bertz CT molecular complexity index is 1100. The van der Waals surface area contributed by atoms with Crippen molar-refractivity contribution in [3.8, 4) is 0 Å². The molecular formula is C20H31N5O7S2. The predicted molar refractivity (Wildman–Crippen MR) is 124 cm³/mol. The lowest BCUT2D eigenvalue weighted by atomic mass is 9.95. The van der Waals surface area contributed by atoms with Crippen molar-refractivity contribution in [2.75, 3.05) is 49.7 Å². The van der Waals surface area contributed by atoms with Crippen LogP contribution in [0.4, 0.5) is 5.82 Å². The van der Waals surface area contributed by atoms with Crippen molar-refractivity contribution in [1.82, 2.24) is 9.29 Å². The monoisotopic (exact) mass is 517 g/mol. The summed E-state index contributed by atoms with van der Waals surface area (Å²) in [5.41, 5.74) is 9.89. The van der Waals surface area contributed by atoms with E-state index in [0.29, 0.717) is 12.4 Å². The number of likely N-dealkylation sites (N-methyl/N-ethyl adjacent to an activating group) is 1. The first-order valence-electron chi connectivity index (χ1n) is 10.9. The summed E-state index contributed by atoms with van der Waals surface area (Å²) >= 11 is 0. The van der Waals surface area contributed by atoms with Gasteiger partial charge in [0.1, 0.15) is 10.7 Å². The van der Waals surface area contributed by atoms with Gasteiger partial charge in [0.05, 0.1) is 28.9 Å². The zero-order valence-electron chi connectivity index (χ0n) is 19.2. The summed E-state index contributed by atoms with van der Waals surface area (Å²) in [7, 11) is -5.67. The van der Waals surface area contributed by atoms with Gasteiger partial charge in [0.2, 0.25) is 21.8 Å². The Hall–Kier alpha value is -2.29. The average molecular weight is 518 g/mol. The highest BCUT2D eigenvalue weighted by molar-refractivity contribution is 7.91. The molecule has 0 spiro atoms. The highest BCUT2D eigenvalue weighted by Gasteiger charge is 2.42. The van der Waals surface area contributed by atoms with Crippen LogP contribution in [0.2, 0.25) is 0 Å². The molecule has 2 aliphatic heterocycles. The maximum absolute atomic E-state index is 13.2. The molecule has 3 heterocycles. The van der Waals surface area contributed by atoms with Crippen LogP contribution in [0.25, 0.3) is 0 Å². The second kappa shape index (κ2) is 9.76. The van der Waals surface area contributed by atoms with Gasteiger partial charge in [-0.05, 0) is 31.9 Å². The molecule has 3 rings (SSSR count). The number of pyridine rings is 1. The number of rotatable bonds is 9. The number of hydrogen-bond donors (Lipinski definition) is 2. The smallest absolute Gasteiger partial charge is 0.244 e. The van der Waals surface area contributed by atoms with Crippen molar-refractivity contribution in [3.05, 3.63) is 18.3 Å². The number of carbonyl (C=O) groups is 2. The number of carbonyl (C=O) groups excluding carboxylic acids is 2. The fourth-order valence-corrected chi connectivity index (χ4v) is 7.28. The molecular weight excluding hydrogens is 486 g/mol. The van der Waals surface area contributed by atoms with Crippen molar-refractivity contribution >= 4 is 37.5 Å². The molecule has 2 amide bonds. The van der Waals surface area contributed by atoms with E-state index in [1.54, 1.807) is 11.8 Å². The number of amides is 2. The number of anilines is 1. The van der Waals surface area contributed by atoms with Crippen LogP contribution >= 0.6 is 0 Å². The van der Waals surface area contributed by atoms with E-state index in [4.69, 9.17) is 16.2 Å². The first-order valence-corrected chi connectivity index (χ1v) is 14.2. The van der Waals surface area contributed by atoms with Crippen LogP contribution in [0.1, 0.15) is 19.8 Å². The minimum atomic E-state index is -3.94. The molecule has 34 heavy (non-hydrogen) atoms. The molecule has 0 saturated carbocycles. The van der Waals surface area contributed by atoms with Crippen LogP contribution in [0.5, 0.6) is 0 Å². The molecule has 0 aromatic carbocycles. The number of nitrogens with two attached hydrogens (primary N) is 2. The highest BCUT2D eigenvalue weighted by Crippen LogP contribution is 2.31. The van der Waals surface area contributed by atoms with Crippen molar-refractivity contribution in [2.45, 2.75) is 30.3 Å². The molecule has 12 nitrogen and oxygen atoms in total. The number of nitrogens with zero attached hydrogens (tertiary/aromatic N) is 3. The van der Waals surface area contributed by atoms with Gasteiger partial charge in [-0.1, -0.05) is 0 Å². The third-order valence-electron chi connectivity index (χ3n) is 6.50. The number of sulfone groups is 1. The number of ether oxygens (including phenoxy) is 1. The molecule has 1 aromatic rings. The largest absolute Gasteiger partial charge is 0.374 e. The molecule has 14 heteroatoms. The fraction of sp³-hybridized carbons (Fsp3) is 0.650. The molecule has 2 atom stereocenters. The van der Waals surface area contributed by atoms with Gasteiger partial charge < -0.3 is 21.1 Å². The lowest BCUT2D eigenvalue weighted by Gasteiger charge is -2.39. The zero-order valence-corrected chi connectivity index (χ0v) is 20.8. The minimum Gasteiger partial charge on any atom is -0.374 e. The molecule has 190 valence electrons. The molecule has 1 aromatic heterocycles. The van der Waals surface area contributed by atoms with Gasteiger partial charge in [-0.2, -0.15) is 4.31 Å². The predicted octanol–water partition coefficient (Wildman–Crippen LogP) is -1.29. The van der Waals surface area contributed by atoms with E-state index in [-0.39, 0.29) is 48.9 Å². The molecule has 0 unspecified atom stereocenters. The van der Waals surface area contributed by atoms with E-state index < -0.39 is 49.1 Å². The Kier molecular flexibility index (Phi) is 7.55. The van der Waals surface area contributed by atoms with E-state index in [1.165, 1.54) is 25.4 Å². The van der Waals surface area contributed by atoms with E-state index in [1.807, 2.05) is 0 Å². The SMILES string of the molecule is CCOC1(CN(C)S(=O)(=O)c2ccc(N3C[C@H](C(N)=O)[C@@H](C(N)=O)C3)nc2)CCS(=O)(=O)CC1. The molecule has 2 saturated heterocycles. The van der Waals surface area contributed by atoms with Crippen LogP contribution in [-0.4, -0.2) is 88.3 Å². The summed E-state index contributed by atoms with van der Waals surface area (Å²) < 4.78 is 57.0. The fourth-order valence-electron chi connectivity index (χ4n) is 4.51. The van der Waals surface area contributed by atoms with Gasteiger partial charge in [-0.25, -0.2) is 21.8 Å². The van der Waals surface area contributed by atoms with Crippen molar-refractivity contribution < 1.29 is 31.2 Å². The lowest BCUT2D eigenvalue weighted by Crippen LogP contribution is -2.50. The Morgan fingerprint density at radius 3 is 2.18 bits per heavy atom. The highest BCUT2D eigenvalue weighted by atomic mass is 32.2. The Labute approximate surface area is 199 Å². The first-order chi connectivity index (χ1) is 15.8. The number of primary amides is 2. The number of hydrogen-bond acceptors (Lipinski definition) is 9. The Morgan fingerprint density at radius 2 is 1.74 bits per heavy atom. The van der Waals surface area contributed by atoms with Gasteiger partial charge in [-0.3, -0.25) is 9.59 Å². The van der Waals surface area contributed by atoms with Crippen LogP contribution < -0.4 is 16.4 Å². The minimum absolute atomic E-state index is 0.00710. The third kappa shape index (κ3) is 5.50. The maximum Gasteiger partial charge on any atom is 0.244 e. The summed E-state index contributed by atoms with van der Waals surface area (Å²) in [4.78, 5) is 29.2. The van der Waals surface area contributed by atoms with Gasteiger partial charge >= 0.3 is 0 Å². The van der Waals surface area contributed by atoms with Gasteiger partial charge in [0, 0.05) is 39.5 Å². The molecule has 0 radical (unpaired) electrons. The van der Waals surface area contributed by atoms with E-state index in [0.717, 1.165) is 4.31 Å². The molecule has 4 N–H and O–H groups in total. The zero-order chi connectivity index (χ0) is 25.3. The van der Waals surface area contributed by atoms with Crippen LogP contribution in [0.3, 0.4) is 0 Å². The Balaban J connectivity index is 1.75. The summed E-state index contributed by atoms with van der Waals surface area (Å²) in [5.74, 6) is -2.47. The van der Waals surface area contributed by atoms with Crippen molar-refractivity contribution in [3.63, 3.8) is 0 Å². The molecule has 0 bridgehead atoms.